The SMILES string of the molecule is COc1cc(N=Nc2ccc(S(=O)(=O)O)c3cc(S(=O)(=O)O)cc(O)c23)c(NC(C)=O)cc1N=Nc1c(S(=O)(=O)O)cc2cc(N=NC3C(=O)N(c4ccc(S(=O)(=O)O)cc4)N=C3OCO)ccc2c1O. The van der Waals surface area contributed by atoms with E-state index < -0.39 is 119 Å². The lowest BCUT2D eigenvalue weighted by molar-refractivity contribution is -0.118. The molecule has 0 spiro atoms. The highest BCUT2D eigenvalue weighted by molar-refractivity contribution is 7.86. The summed E-state index contributed by atoms with van der Waals surface area (Å²) < 4.78 is 146. The van der Waals surface area contributed by atoms with Gasteiger partial charge in [-0.3, -0.25) is 27.8 Å². The van der Waals surface area contributed by atoms with E-state index in [1.807, 2.05) is 0 Å². The molecule has 0 aliphatic carbocycles. The van der Waals surface area contributed by atoms with E-state index in [0.29, 0.717) is 12.1 Å². The van der Waals surface area contributed by atoms with Gasteiger partial charge in [0.25, 0.3) is 46.4 Å². The minimum atomic E-state index is -5.22. The number of phenols is 2. The summed E-state index contributed by atoms with van der Waals surface area (Å²) in [5.41, 5.74) is -1.78. The second-order valence-electron chi connectivity index (χ2n) is 14.4. The number of rotatable bonds is 14. The molecule has 1 unspecified atom stereocenters. The Morgan fingerprint density at radius 2 is 1.35 bits per heavy atom. The van der Waals surface area contributed by atoms with Crippen LogP contribution in [0.25, 0.3) is 21.5 Å². The summed E-state index contributed by atoms with van der Waals surface area (Å²) in [5, 5.41) is 61.5. The third-order valence-corrected chi connectivity index (χ3v) is 13.3. The highest BCUT2D eigenvalue weighted by Gasteiger charge is 2.39. The number of hydrogen-bond acceptors (Lipinski definition) is 22. The third-order valence-electron chi connectivity index (χ3n) is 9.78. The fourth-order valence-electron chi connectivity index (χ4n) is 6.69. The zero-order valence-corrected chi connectivity index (χ0v) is 38.9. The van der Waals surface area contributed by atoms with E-state index in [9.17, 15) is 76.8 Å². The van der Waals surface area contributed by atoms with Crippen molar-refractivity contribution in [2.24, 2.45) is 35.8 Å². The molecule has 1 aliphatic heterocycles. The van der Waals surface area contributed by atoms with Crippen molar-refractivity contribution in [2.45, 2.75) is 32.5 Å². The molecule has 0 radical (unpaired) electrons. The molecule has 370 valence electrons. The van der Waals surface area contributed by atoms with E-state index in [1.165, 1.54) is 18.2 Å². The van der Waals surface area contributed by atoms with E-state index in [-0.39, 0.29) is 50.6 Å². The van der Waals surface area contributed by atoms with Gasteiger partial charge < -0.3 is 30.1 Å². The number of carbonyl (C=O) groups excluding carboxylic acids is 2. The molecule has 0 bridgehead atoms. The van der Waals surface area contributed by atoms with Gasteiger partial charge in [-0.2, -0.15) is 48.9 Å². The Kier molecular flexibility index (Phi) is 13.7. The van der Waals surface area contributed by atoms with Gasteiger partial charge in [-0.05, 0) is 78.2 Å². The molecule has 0 fully saturated rings. The van der Waals surface area contributed by atoms with Crippen LogP contribution in [0.2, 0.25) is 0 Å². The minimum absolute atomic E-state index is 0.0175. The number of methoxy groups -OCH3 is 1. The maximum absolute atomic E-state index is 13.3. The maximum atomic E-state index is 13.3. The van der Waals surface area contributed by atoms with Gasteiger partial charge in [0, 0.05) is 29.8 Å². The van der Waals surface area contributed by atoms with Gasteiger partial charge in [0.1, 0.15) is 38.4 Å². The van der Waals surface area contributed by atoms with Crippen LogP contribution in [0.15, 0.2) is 140 Å². The van der Waals surface area contributed by atoms with Crippen LogP contribution in [0.1, 0.15) is 6.92 Å². The van der Waals surface area contributed by atoms with Crippen LogP contribution in [0.5, 0.6) is 17.2 Å². The van der Waals surface area contributed by atoms with E-state index in [4.69, 9.17) is 9.47 Å². The molecule has 2 amide bonds. The molecule has 28 nitrogen and oxygen atoms in total. The molecular formula is C39H31N9O19S4. The fraction of sp³-hybridized carbons (Fsp3) is 0.103. The van der Waals surface area contributed by atoms with Crippen molar-refractivity contribution in [2.75, 3.05) is 24.2 Å². The van der Waals surface area contributed by atoms with Gasteiger partial charge in [0.2, 0.25) is 17.8 Å². The molecule has 6 aromatic carbocycles. The summed E-state index contributed by atoms with van der Waals surface area (Å²) in [6, 6.07) is 12.6. The first-order valence-corrected chi connectivity index (χ1v) is 24.9. The standard InChI is InChI=1S/C39H31N9O19S4/c1-18(50)40-27-15-29(31(66-2)16-28(27)43-42-26-9-10-32(70(60,61)62)25-13-23(69(57,58)59)14-30(51)34(25)26)44-45-35-33(71(63,64)65)12-19-11-20(3-8-24(19)37(35)52)41-46-36-38(67-17-49)47-48(39(36)53)21-4-6-22(7-5-21)68(54,55)56/h3-16,36,49,51-52H,17H2,1-2H3,(H,40,50)(H,54,55,56)(H,57,58,59)(H,60,61,62)(H,63,64,65). The van der Waals surface area contributed by atoms with E-state index in [0.717, 1.165) is 73.6 Å². The molecular weight excluding hydrogens is 1030 g/mol. The lowest BCUT2D eigenvalue weighted by atomic mass is 10.1. The third kappa shape index (κ3) is 10.8. The van der Waals surface area contributed by atoms with Crippen molar-refractivity contribution in [3.05, 3.63) is 84.9 Å². The number of ether oxygens (including phenoxy) is 2. The number of aliphatic hydroxyl groups is 1. The van der Waals surface area contributed by atoms with Gasteiger partial charge in [0.15, 0.2) is 12.5 Å². The number of hydrazone groups is 1. The number of azo groups is 3. The van der Waals surface area contributed by atoms with Crippen LogP contribution in [-0.4, -0.2) is 105 Å². The average Bonchev–Trinajstić information content (AvgIpc) is 3.59. The Balaban J connectivity index is 1.23. The summed E-state index contributed by atoms with van der Waals surface area (Å²) in [5.74, 6) is -3.91. The van der Waals surface area contributed by atoms with Gasteiger partial charge in [-0.25, -0.2) is 0 Å². The Labute approximate surface area is 398 Å². The van der Waals surface area contributed by atoms with Crippen molar-refractivity contribution in [3.8, 4) is 17.2 Å². The molecule has 6 aromatic rings. The largest absolute Gasteiger partial charge is 0.507 e. The van der Waals surface area contributed by atoms with Crippen LogP contribution in [0.4, 0.5) is 39.8 Å². The van der Waals surface area contributed by atoms with E-state index in [1.54, 1.807) is 0 Å². The lowest BCUT2D eigenvalue weighted by Crippen LogP contribution is -2.31. The fourth-order valence-corrected chi connectivity index (χ4v) is 9.04. The van der Waals surface area contributed by atoms with Crippen LogP contribution in [-0.2, 0) is 54.8 Å². The van der Waals surface area contributed by atoms with Gasteiger partial charge in [-0.1, -0.05) is 0 Å². The van der Waals surface area contributed by atoms with Crippen LogP contribution < -0.4 is 15.1 Å². The quantitative estimate of drug-likeness (QED) is 0.0354. The number of nitrogens with zero attached hydrogens (tertiary/aromatic N) is 8. The first-order chi connectivity index (χ1) is 33.2. The number of fused-ring (bicyclic) bond motifs is 2. The first kappa shape index (κ1) is 50.9. The summed E-state index contributed by atoms with van der Waals surface area (Å²) in [7, 11) is -18.7. The summed E-state index contributed by atoms with van der Waals surface area (Å²) in [6.07, 6.45) is 0. The predicted molar refractivity (Wildman–Crippen MR) is 244 cm³/mol. The molecule has 1 atom stereocenters. The Bertz CT molecular complexity index is 3830. The van der Waals surface area contributed by atoms with Gasteiger partial charge in [0.05, 0.1) is 45.0 Å². The molecule has 0 saturated heterocycles. The molecule has 71 heavy (non-hydrogen) atoms. The highest BCUT2D eigenvalue weighted by Crippen LogP contribution is 2.46. The molecule has 1 heterocycles. The number of aliphatic hydroxyl groups excluding tert-OH is 1. The summed E-state index contributed by atoms with van der Waals surface area (Å²) in [4.78, 5) is 22.4. The topological polar surface area (TPSA) is 433 Å². The van der Waals surface area contributed by atoms with Crippen LogP contribution in [0, 0.1) is 0 Å². The zero-order chi connectivity index (χ0) is 52.0. The zero-order valence-electron chi connectivity index (χ0n) is 35.6. The summed E-state index contributed by atoms with van der Waals surface area (Å²) >= 11 is 0. The van der Waals surface area contributed by atoms with Crippen molar-refractivity contribution in [3.63, 3.8) is 0 Å². The second kappa shape index (κ2) is 19.1. The van der Waals surface area contributed by atoms with E-state index >= 15 is 0 Å². The number of benzene rings is 6. The number of amides is 2. The number of aromatic hydroxyl groups is 2. The highest BCUT2D eigenvalue weighted by atomic mass is 32.2. The first-order valence-electron chi connectivity index (χ1n) is 19.2. The van der Waals surface area contributed by atoms with Crippen molar-refractivity contribution < 1.29 is 86.3 Å². The molecule has 7 rings (SSSR count). The number of carbonyl (C=O) groups is 2. The molecule has 32 heteroatoms. The van der Waals surface area contributed by atoms with Crippen molar-refractivity contribution >= 4 is 120 Å². The van der Waals surface area contributed by atoms with Gasteiger partial charge >= 0.3 is 0 Å². The van der Waals surface area contributed by atoms with Crippen molar-refractivity contribution in [1.29, 1.82) is 0 Å². The smallest absolute Gasteiger partial charge is 0.296 e. The number of nitrogens with one attached hydrogen (secondary N) is 1. The van der Waals surface area contributed by atoms with E-state index in [2.05, 4.69) is 41.1 Å². The molecule has 1 aliphatic rings. The summed E-state index contributed by atoms with van der Waals surface area (Å²) in [6.45, 7) is 0.164. The Morgan fingerprint density at radius 1 is 0.704 bits per heavy atom. The molecule has 8 N–H and O–H groups in total. The number of hydrogen-bond donors (Lipinski definition) is 8. The minimum Gasteiger partial charge on any atom is -0.507 e. The second-order valence-corrected chi connectivity index (χ2v) is 20.0. The number of phenolic OH excluding ortho intramolecular Hbond substituents is 2. The Hall–Kier alpha value is -7.95. The molecule has 0 aromatic heterocycles. The van der Waals surface area contributed by atoms with Crippen LogP contribution >= 0.6 is 0 Å². The Morgan fingerprint density at radius 3 is 1.96 bits per heavy atom. The normalized spacial score (nSPS) is 14.9. The average molecular weight is 1060 g/mol. The maximum Gasteiger partial charge on any atom is 0.296 e. The monoisotopic (exact) mass is 1060 g/mol. The lowest BCUT2D eigenvalue weighted by Gasteiger charge is -2.12. The van der Waals surface area contributed by atoms with Crippen LogP contribution in [0.3, 0.4) is 0 Å². The van der Waals surface area contributed by atoms with Gasteiger partial charge in [-0.15, -0.1) is 25.6 Å². The van der Waals surface area contributed by atoms with Crippen molar-refractivity contribution in [1.82, 2.24) is 0 Å². The predicted octanol–water partition coefficient (Wildman–Crippen LogP) is 5.97. The molecule has 0 saturated carbocycles. The number of anilines is 2.